The highest BCUT2D eigenvalue weighted by molar-refractivity contribution is 7.15. The van der Waals surface area contributed by atoms with Crippen molar-refractivity contribution >= 4 is 22.4 Å². The van der Waals surface area contributed by atoms with Crippen LogP contribution in [0.2, 0.25) is 0 Å². The molecule has 3 heterocycles. The van der Waals surface area contributed by atoms with E-state index in [1.54, 1.807) is 23.5 Å². The number of benzene rings is 2. The molecule has 0 radical (unpaired) electrons. The Morgan fingerprint density at radius 1 is 1.06 bits per heavy atom. The third-order valence-electron chi connectivity index (χ3n) is 5.60. The highest BCUT2D eigenvalue weighted by atomic mass is 32.1. The number of amides is 1. The minimum atomic E-state index is -0.180. The van der Waals surface area contributed by atoms with Gasteiger partial charge in [-0.1, -0.05) is 24.6 Å². The first-order valence-corrected chi connectivity index (χ1v) is 11.4. The summed E-state index contributed by atoms with van der Waals surface area (Å²) in [4.78, 5) is 20.9. The van der Waals surface area contributed by atoms with E-state index in [-0.39, 0.29) is 5.91 Å². The Balaban J connectivity index is 1.27. The molecule has 8 heteroatoms. The molecule has 1 aliphatic rings. The maximum atomic E-state index is 12.7. The normalized spacial score (nSPS) is 13.7. The molecule has 32 heavy (non-hydrogen) atoms. The molecule has 0 atom stereocenters. The number of nitrogens with zero attached hydrogens (tertiary/aromatic N) is 4. The summed E-state index contributed by atoms with van der Waals surface area (Å²) in [7, 11) is 0. The Morgan fingerprint density at radius 2 is 1.72 bits per heavy atom. The second-order valence-corrected chi connectivity index (χ2v) is 8.90. The average Bonchev–Trinajstić information content (AvgIpc) is 3.46. The van der Waals surface area contributed by atoms with Crippen molar-refractivity contribution in [2.24, 2.45) is 0 Å². The Morgan fingerprint density at radius 3 is 2.38 bits per heavy atom. The van der Waals surface area contributed by atoms with Gasteiger partial charge in [0.1, 0.15) is 0 Å². The lowest BCUT2D eigenvalue weighted by Gasteiger charge is -2.23. The second kappa shape index (κ2) is 8.64. The third-order valence-corrected chi connectivity index (χ3v) is 6.59. The number of aromatic nitrogens is 3. The van der Waals surface area contributed by atoms with E-state index in [4.69, 9.17) is 4.42 Å². The fraction of sp³-hybridized carbons (Fsp3) is 0.250. The molecule has 7 nitrogen and oxygen atoms in total. The summed E-state index contributed by atoms with van der Waals surface area (Å²) < 4.78 is 5.82. The minimum absolute atomic E-state index is 0.180. The van der Waals surface area contributed by atoms with Gasteiger partial charge in [-0.3, -0.25) is 15.0 Å². The van der Waals surface area contributed by atoms with Gasteiger partial charge in [-0.2, -0.15) is 0 Å². The van der Waals surface area contributed by atoms with E-state index in [2.05, 4.69) is 32.3 Å². The third kappa shape index (κ3) is 4.19. The van der Waals surface area contributed by atoms with Crippen molar-refractivity contribution in [1.82, 2.24) is 20.1 Å². The molecule has 0 aliphatic carbocycles. The first-order valence-electron chi connectivity index (χ1n) is 10.6. The number of hydrogen-bond donors (Lipinski definition) is 1. The average molecular weight is 446 g/mol. The highest BCUT2D eigenvalue weighted by Gasteiger charge is 2.20. The fourth-order valence-electron chi connectivity index (χ4n) is 3.66. The number of fused-ring (bicyclic) bond motifs is 1. The molecule has 1 aliphatic heterocycles. The van der Waals surface area contributed by atoms with Gasteiger partial charge in [-0.25, -0.2) is 4.98 Å². The standard InChI is InChI=1S/C24H23N5O2S/c1-3-29-13-12-19-20(14-29)32-24(25-19)26-21(30)16-8-10-18(11-9-16)23-28-27-22(31-23)17-6-4-15(2)5-7-17/h4-11H,3,12-14H2,1-2H3,(H,25,26,30). The van der Waals surface area contributed by atoms with Gasteiger partial charge in [0.25, 0.3) is 5.91 Å². The summed E-state index contributed by atoms with van der Waals surface area (Å²) in [6.07, 6.45) is 0.930. The summed E-state index contributed by atoms with van der Waals surface area (Å²) >= 11 is 1.56. The van der Waals surface area contributed by atoms with Gasteiger partial charge in [0.2, 0.25) is 11.8 Å². The summed E-state index contributed by atoms with van der Waals surface area (Å²) in [5, 5.41) is 11.9. The van der Waals surface area contributed by atoms with Crippen molar-refractivity contribution in [3.8, 4) is 22.9 Å². The zero-order valence-corrected chi connectivity index (χ0v) is 18.8. The van der Waals surface area contributed by atoms with Crippen molar-refractivity contribution in [3.05, 3.63) is 70.2 Å². The quantitative estimate of drug-likeness (QED) is 0.475. The molecule has 2 aromatic heterocycles. The van der Waals surface area contributed by atoms with Gasteiger partial charge in [-0.15, -0.1) is 21.5 Å². The molecule has 0 bridgehead atoms. The highest BCUT2D eigenvalue weighted by Crippen LogP contribution is 2.29. The van der Waals surface area contributed by atoms with Crippen LogP contribution in [0.3, 0.4) is 0 Å². The van der Waals surface area contributed by atoms with E-state index in [0.29, 0.717) is 22.5 Å². The number of carbonyl (C=O) groups excluding carboxylic acids is 1. The molecule has 0 unspecified atom stereocenters. The van der Waals surface area contributed by atoms with Crippen LogP contribution in [0.5, 0.6) is 0 Å². The molecule has 5 rings (SSSR count). The van der Waals surface area contributed by atoms with E-state index >= 15 is 0 Å². The number of nitrogens with one attached hydrogen (secondary N) is 1. The predicted molar refractivity (Wildman–Crippen MR) is 125 cm³/mol. The van der Waals surface area contributed by atoms with Crippen molar-refractivity contribution in [2.45, 2.75) is 26.8 Å². The summed E-state index contributed by atoms with van der Waals surface area (Å²) in [6, 6.07) is 15.1. The maximum Gasteiger partial charge on any atom is 0.257 e. The van der Waals surface area contributed by atoms with Crippen LogP contribution in [-0.2, 0) is 13.0 Å². The van der Waals surface area contributed by atoms with E-state index in [0.717, 1.165) is 42.9 Å². The summed E-state index contributed by atoms with van der Waals surface area (Å²) in [5.41, 5.74) is 4.46. The molecule has 0 spiro atoms. The van der Waals surface area contributed by atoms with Crippen molar-refractivity contribution in [3.63, 3.8) is 0 Å². The lowest BCUT2D eigenvalue weighted by molar-refractivity contribution is 0.102. The number of rotatable bonds is 5. The zero-order valence-electron chi connectivity index (χ0n) is 18.0. The Kier molecular flexibility index (Phi) is 5.55. The largest absolute Gasteiger partial charge is 0.416 e. The van der Waals surface area contributed by atoms with E-state index in [1.807, 2.05) is 43.3 Å². The van der Waals surface area contributed by atoms with Crippen LogP contribution in [0.15, 0.2) is 52.9 Å². The lowest BCUT2D eigenvalue weighted by Crippen LogP contribution is -2.29. The molecule has 1 N–H and O–H groups in total. The van der Waals surface area contributed by atoms with Crippen LogP contribution in [0.4, 0.5) is 5.13 Å². The summed E-state index contributed by atoms with van der Waals surface area (Å²) in [6.45, 7) is 7.14. The van der Waals surface area contributed by atoms with Gasteiger partial charge in [0.15, 0.2) is 5.13 Å². The van der Waals surface area contributed by atoms with Gasteiger partial charge in [0, 0.05) is 41.1 Å². The monoisotopic (exact) mass is 445 g/mol. The lowest BCUT2D eigenvalue weighted by atomic mass is 10.1. The first-order chi connectivity index (χ1) is 15.6. The number of thiazole rings is 1. The van der Waals surface area contributed by atoms with Crippen LogP contribution in [0.1, 0.15) is 33.4 Å². The zero-order chi connectivity index (χ0) is 22.1. The molecule has 162 valence electrons. The number of hydrogen-bond acceptors (Lipinski definition) is 7. The maximum absolute atomic E-state index is 12.7. The van der Waals surface area contributed by atoms with Crippen LogP contribution in [0, 0.1) is 6.92 Å². The molecule has 1 amide bonds. The Labute approximate surface area is 190 Å². The Bertz CT molecular complexity index is 1240. The van der Waals surface area contributed by atoms with Crippen LogP contribution in [0.25, 0.3) is 22.9 Å². The smallest absolute Gasteiger partial charge is 0.257 e. The van der Waals surface area contributed by atoms with Crippen LogP contribution >= 0.6 is 11.3 Å². The van der Waals surface area contributed by atoms with Crippen molar-refractivity contribution < 1.29 is 9.21 Å². The van der Waals surface area contributed by atoms with Crippen molar-refractivity contribution in [1.29, 1.82) is 0 Å². The van der Waals surface area contributed by atoms with Crippen LogP contribution in [-0.4, -0.2) is 39.1 Å². The number of aryl methyl sites for hydroxylation is 1. The predicted octanol–water partition coefficient (Wildman–Crippen LogP) is 4.80. The first kappa shape index (κ1) is 20.5. The molecule has 0 fully saturated rings. The van der Waals surface area contributed by atoms with Gasteiger partial charge >= 0.3 is 0 Å². The Hall–Kier alpha value is -3.36. The van der Waals surface area contributed by atoms with Gasteiger partial charge in [0.05, 0.1) is 5.69 Å². The van der Waals surface area contributed by atoms with Gasteiger partial charge < -0.3 is 4.42 Å². The van der Waals surface area contributed by atoms with E-state index in [1.165, 1.54) is 10.4 Å². The topological polar surface area (TPSA) is 84.2 Å². The molecule has 4 aromatic rings. The summed E-state index contributed by atoms with van der Waals surface area (Å²) in [5.74, 6) is 0.706. The van der Waals surface area contributed by atoms with E-state index < -0.39 is 0 Å². The molecular weight excluding hydrogens is 422 g/mol. The second-order valence-electron chi connectivity index (χ2n) is 7.82. The molecule has 0 saturated heterocycles. The molecule has 0 saturated carbocycles. The fourth-order valence-corrected chi connectivity index (χ4v) is 4.70. The number of carbonyl (C=O) groups is 1. The van der Waals surface area contributed by atoms with E-state index in [9.17, 15) is 4.79 Å². The number of likely N-dealkylation sites (N-methyl/N-ethyl adjacent to an activating group) is 1. The van der Waals surface area contributed by atoms with Crippen molar-refractivity contribution in [2.75, 3.05) is 18.4 Å². The minimum Gasteiger partial charge on any atom is -0.416 e. The van der Waals surface area contributed by atoms with Crippen LogP contribution < -0.4 is 5.32 Å². The number of anilines is 1. The van der Waals surface area contributed by atoms with Gasteiger partial charge in [-0.05, 0) is 49.9 Å². The SMILES string of the molecule is CCN1CCc2nc(NC(=O)c3ccc(-c4nnc(-c5ccc(C)cc5)o4)cc3)sc2C1. The molecule has 2 aromatic carbocycles. The molecular formula is C24H23N5O2S.